The van der Waals surface area contributed by atoms with Crippen molar-refractivity contribution in [2.75, 3.05) is 0 Å². The summed E-state index contributed by atoms with van der Waals surface area (Å²) in [7, 11) is 0. The van der Waals surface area contributed by atoms with Crippen LogP contribution in [0.3, 0.4) is 0 Å². The van der Waals surface area contributed by atoms with E-state index in [2.05, 4.69) is 70.6 Å². The second-order valence-electron chi connectivity index (χ2n) is 9.59. The summed E-state index contributed by atoms with van der Waals surface area (Å²) in [6, 6.07) is 33.0. The first-order valence-corrected chi connectivity index (χ1v) is 13.1. The van der Waals surface area contributed by atoms with Crippen molar-refractivity contribution in [3.05, 3.63) is 125 Å². The SMILES string of the molecule is N#C/C=C/c1c2nc(c(-c3ccccc3)c3ccc(cc4nc(c(-c5ccccc5)c5ccc1[nH]5)C=C4)[nH]3)C=C2. The maximum Gasteiger partial charge on any atom is 0.0912 e. The van der Waals surface area contributed by atoms with Crippen LogP contribution in [0.25, 0.3) is 74.7 Å². The van der Waals surface area contributed by atoms with Crippen LogP contribution in [0, 0.1) is 11.3 Å². The predicted octanol–water partition coefficient (Wildman–Crippen LogP) is 8.53. The fourth-order valence-electron chi connectivity index (χ4n) is 5.27. The third-order valence-corrected chi connectivity index (χ3v) is 7.07. The molecule has 2 aliphatic rings. The lowest BCUT2D eigenvalue weighted by Gasteiger charge is -2.04. The molecule has 3 aromatic heterocycles. The van der Waals surface area contributed by atoms with Crippen molar-refractivity contribution in [1.29, 1.82) is 5.26 Å². The topological polar surface area (TPSA) is 81.2 Å². The lowest BCUT2D eigenvalue weighted by atomic mass is 10.0. The summed E-state index contributed by atoms with van der Waals surface area (Å²) in [6.07, 6.45) is 11.5. The first kappa shape index (κ1) is 23.4. The van der Waals surface area contributed by atoms with Crippen molar-refractivity contribution < 1.29 is 0 Å². The van der Waals surface area contributed by atoms with Crippen molar-refractivity contribution >= 4 is 52.4 Å². The minimum atomic E-state index is 0.781. The van der Waals surface area contributed by atoms with E-state index in [9.17, 15) is 5.26 Å². The molecule has 0 amide bonds. The Bertz CT molecular complexity index is 2010. The second kappa shape index (κ2) is 9.86. The molecule has 5 heterocycles. The van der Waals surface area contributed by atoms with Gasteiger partial charge in [-0.2, -0.15) is 5.26 Å². The molecule has 8 bridgehead atoms. The van der Waals surface area contributed by atoms with Crippen molar-refractivity contribution in [2.24, 2.45) is 0 Å². The molecule has 0 saturated heterocycles. The molecule has 0 radical (unpaired) electrons. The maximum atomic E-state index is 9.37. The summed E-state index contributed by atoms with van der Waals surface area (Å²) in [5, 5.41) is 9.37. The Labute approximate surface area is 231 Å². The average molecular weight is 514 g/mol. The van der Waals surface area contributed by atoms with Crippen LogP contribution in [-0.2, 0) is 0 Å². The average Bonchev–Trinajstić information content (AvgIpc) is 3.81. The minimum absolute atomic E-state index is 0.781. The molecule has 0 saturated carbocycles. The van der Waals surface area contributed by atoms with E-state index < -0.39 is 0 Å². The van der Waals surface area contributed by atoms with Crippen LogP contribution >= 0.6 is 0 Å². The Morgan fingerprint density at radius 3 is 1.93 bits per heavy atom. The zero-order valence-electron chi connectivity index (χ0n) is 21.5. The monoisotopic (exact) mass is 513 g/mol. The first-order chi connectivity index (χ1) is 19.8. The molecule has 0 aliphatic carbocycles. The Balaban J connectivity index is 1.64. The van der Waals surface area contributed by atoms with Gasteiger partial charge < -0.3 is 9.97 Å². The van der Waals surface area contributed by atoms with E-state index in [4.69, 9.17) is 9.97 Å². The van der Waals surface area contributed by atoms with Crippen LogP contribution in [-0.4, -0.2) is 19.9 Å². The molecule has 0 fully saturated rings. The second-order valence-corrected chi connectivity index (χ2v) is 9.59. The smallest absolute Gasteiger partial charge is 0.0912 e. The van der Waals surface area contributed by atoms with Gasteiger partial charge in [-0.1, -0.05) is 60.7 Å². The minimum Gasteiger partial charge on any atom is -0.355 e. The number of nitrogens with one attached hydrogen (secondary N) is 2. The lowest BCUT2D eigenvalue weighted by molar-refractivity contribution is 1.30. The van der Waals surface area contributed by atoms with Gasteiger partial charge in [0.15, 0.2) is 0 Å². The highest BCUT2D eigenvalue weighted by molar-refractivity contribution is 5.94. The third-order valence-electron chi connectivity index (χ3n) is 7.07. The number of allylic oxidation sites excluding steroid dienone is 1. The van der Waals surface area contributed by atoms with Crippen LogP contribution in [0.15, 0.2) is 97.1 Å². The molecule has 2 aliphatic heterocycles. The summed E-state index contributed by atoms with van der Waals surface area (Å²) >= 11 is 0. The fraction of sp³-hybridized carbons (Fsp3) is 0. The fourth-order valence-corrected chi connectivity index (χ4v) is 5.27. The predicted molar refractivity (Wildman–Crippen MR) is 164 cm³/mol. The number of H-pyrrole nitrogens is 2. The Hall–Kier alpha value is -5.73. The summed E-state index contributed by atoms with van der Waals surface area (Å²) < 4.78 is 0. The van der Waals surface area contributed by atoms with E-state index in [1.165, 1.54) is 6.08 Å². The Morgan fingerprint density at radius 2 is 1.20 bits per heavy atom. The van der Waals surface area contributed by atoms with E-state index in [-0.39, 0.29) is 0 Å². The number of aromatic amines is 2. The highest BCUT2D eigenvalue weighted by Crippen LogP contribution is 2.33. The molecule has 188 valence electrons. The summed E-state index contributed by atoms with van der Waals surface area (Å²) in [5.74, 6) is 0. The molecule has 2 aromatic carbocycles. The third kappa shape index (κ3) is 4.24. The molecule has 5 nitrogen and oxygen atoms in total. The number of benzene rings is 2. The van der Waals surface area contributed by atoms with Crippen LogP contribution in [0.4, 0.5) is 0 Å². The number of rotatable bonds is 3. The van der Waals surface area contributed by atoms with Crippen LogP contribution in [0.1, 0.15) is 28.3 Å². The van der Waals surface area contributed by atoms with E-state index in [0.29, 0.717) is 0 Å². The zero-order chi connectivity index (χ0) is 26.9. The van der Waals surface area contributed by atoms with Crippen LogP contribution in [0.2, 0.25) is 0 Å². The summed E-state index contributed by atoms with van der Waals surface area (Å²) in [5.41, 5.74) is 12.1. The van der Waals surface area contributed by atoms with Crippen molar-refractivity contribution in [1.82, 2.24) is 19.9 Å². The van der Waals surface area contributed by atoms with E-state index in [0.717, 1.165) is 72.7 Å². The number of fused-ring (bicyclic) bond motifs is 8. The molecule has 0 unspecified atom stereocenters. The van der Waals surface area contributed by atoms with Crippen molar-refractivity contribution in [3.8, 4) is 28.3 Å². The number of aromatic nitrogens is 4. The molecule has 2 N–H and O–H groups in total. The lowest BCUT2D eigenvalue weighted by Crippen LogP contribution is -1.87. The number of hydrogen-bond donors (Lipinski definition) is 2. The van der Waals surface area contributed by atoms with Gasteiger partial charge in [-0.25, -0.2) is 9.97 Å². The van der Waals surface area contributed by atoms with Gasteiger partial charge >= 0.3 is 0 Å². The zero-order valence-corrected chi connectivity index (χ0v) is 21.5. The summed E-state index contributed by atoms with van der Waals surface area (Å²) in [4.78, 5) is 17.3. The quantitative estimate of drug-likeness (QED) is 0.232. The molecular formula is C35H23N5. The van der Waals surface area contributed by atoms with E-state index in [1.807, 2.05) is 66.8 Å². The van der Waals surface area contributed by atoms with Gasteiger partial charge in [0, 0.05) is 44.8 Å². The summed E-state index contributed by atoms with van der Waals surface area (Å²) in [6.45, 7) is 0. The Morgan fingerprint density at radius 1 is 0.600 bits per heavy atom. The molecule has 5 aromatic rings. The highest BCUT2D eigenvalue weighted by Gasteiger charge is 2.14. The van der Waals surface area contributed by atoms with E-state index in [1.54, 1.807) is 0 Å². The molecule has 5 heteroatoms. The Kier molecular flexibility index (Phi) is 5.77. The van der Waals surface area contributed by atoms with Gasteiger partial charge in [-0.15, -0.1) is 0 Å². The first-order valence-electron chi connectivity index (χ1n) is 13.1. The van der Waals surface area contributed by atoms with Crippen molar-refractivity contribution in [3.63, 3.8) is 0 Å². The van der Waals surface area contributed by atoms with Crippen molar-refractivity contribution in [2.45, 2.75) is 0 Å². The largest absolute Gasteiger partial charge is 0.355 e. The normalized spacial score (nSPS) is 12.2. The van der Waals surface area contributed by atoms with Gasteiger partial charge in [0.1, 0.15) is 0 Å². The number of hydrogen-bond acceptors (Lipinski definition) is 3. The van der Waals surface area contributed by atoms with Gasteiger partial charge in [-0.3, -0.25) is 0 Å². The van der Waals surface area contributed by atoms with E-state index >= 15 is 0 Å². The standard InChI is InChI=1S/C35H23N5/c36-21-7-12-27-28-17-19-32(39-28)34(23-8-3-1-4-9-23)30-15-13-25(37-30)22-26-14-16-31(38-26)35(24-10-5-2-6-11-24)33-20-18-29(27)40-33/h1-20,22,37,40H/b12-7+,25-22?,26-22?,28-27?,29-27?,34-30?,34-32?,35-31?,35-33?. The molecular weight excluding hydrogens is 490 g/mol. The van der Waals surface area contributed by atoms with Gasteiger partial charge in [-0.05, 0) is 71.8 Å². The van der Waals surface area contributed by atoms with Gasteiger partial charge in [0.25, 0.3) is 0 Å². The molecule has 7 rings (SSSR count). The molecule has 0 atom stereocenters. The number of nitrogens with zero attached hydrogens (tertiary/aromatic N) is 3. The molecule has 0 spiro atoms. The van der Waals surface area contributed by atoms with Gasteiger partial charge in [0.2, 0.25) is 0 Å². The maximum absolute atomic E-state index is 9.37. The van der Waals surface area contributed by atoms with Crippen LogP contribution in [0.5, 0.6) is 0 Å². The van der Waals surface area contributed by atoms with Gasteiger partial charge in [0.05, 0.1) is 28.8 Å². The molecule has 40 heavy (non-hydrogen) atoms. The number of nitriles is 1. The highest BCUT2D eigenvalue weighted by atomic mass is 14.8. The van der Waals surface area contributed by atoms with Crippen LogP contribution < -0.4 is 0 Å².